The number of hydrogen-bond donors (Lipinski definition) is 1. The van der Waals surface area contributed by atoms with E-state index in [-0.39, 0.29) is 24.0 Å². The molecular weight excluding hydrogens is 365 g/mol. The minimum absolute atomic E-state index is 0. The molecule has 1 N–H and O–H groups in total. The van der Waals surface area contributed by atoms with Crippen molar-refractivity contribution in [2.45, 2.75) is 32.2 Å². The largest absolute Gasteiger partial charge is 1.00 e. The third-order valence-corrected chi connectivity index (χ3v) is 5.30. The van der Waals surface area contributed by atoms with Crippen LogP contribution in [0.2, 0.25) is 0 Å². The molecule has 3 aromatic rings. The van der Waals surface area contributed by atoms with E-state index in [2.05, 4.69) is 19.1 Å². The summed E-state index contributed by atoms with van der Waals surface area (Å²) >= 11 is 0. The third kappa shape index (κ3) is 4.07. The van der Waals surface area contributed by atoms with E-state index in [0.717, 1.165) is 37.4 Å². The molecule has 0 amide bonds. The Kier molecular flexibility index (Phi) is 5.98. The first-order valence-corrected chi connectivity index (χ1v) is 9.24. The molecule has 2 atom stereocenters. The van der Waals surface area contributed by atoms with Crippen molar-refractivity contribution < 1.29 is 30.9 Å². The molecule has 0 bridgehead atoms. The average molecular weight is 388 g/mol. The molecule has 2 heterocycles. The fraction of sp³-hybridized carbons (Fsp3) is 0.318. The summed E-state index contributed by atoms with van der Waals surface area (Å²) in [7, 11) is 0. The molecule has 0 saturated carbocycles. The molecule has 5 heteroatoms. The Labute approximate surface area is 164 Å². The van der Waals surface area contributed by atoms with Gasteiger partial charge in [0.2, 0.25) is 0 Å². The van der Waals surface area contributed by atoms with E-state index in [0.29, 0.717) is 17.9 Å². The maximum atomic E-state index is 13.0. The first-order valence-electron chi connectivity index (χ1n) is 9.24. The molecule has 1 aliphatic heterocycles. The van der Waals surface area contributed by atoms with Crippen molar-refractivity contribution in [3.8, 4) is 0 Å². The highest BCUT2D eigenvalue weighted by Crippen LogP contribution is 2.31. The van der Waals surface area contributed by atoms with Crippen LogP contribution in [0.5, 0.6) is 0 Å². The lowest BCUT2D eigenvalue weighted by molar-refractivity contribution is -0.917. The quantitative estimate of drug-likeness (QED) is 0.655. The van der Waals surface area contributed by atoms with Gasteiger partial charge in [-0.2, -0.15) is 0 Å². The number of carbonyl (C=O) groups excluding carboxylic acids is 1. The zero-order valence-corrected chi connectivity index (χ0v) is 16.1. The molecule has 3 nitrogen and oxygen atoms in total. The number of halogens is 2. The summed E-state index contributed by atoms with van der Waals surface area (Å²) in [6.45, 7) is 5.14. The van der Waals surface area contributed by atoms with Crippen LogP contribution >= 0.6 is 0 Å². The van der Waals surface area contributed by atoms with Crippen LogP contribution in [0.4, 0.5) is 4.39 Å². The molecular formula is C22H23ClFNO2. The van der Waals surface area contributed by atoms with E-state index < -0.39 is 0 Å². The van der Waals surface area contributed by atoms with Gasteiger partial charge in [-0.05, 0) is 37.3 Å². The number of benzene rings is 2. The summed E-state index contributed by atoms with van der Waals surface area (Å²) < 4.78 is 19.0. The van der Waals surface area contributed by atoms with Crippen LogP contribution in [-0.4, -0.2) is 18.9 Å². The van der Waals surface area contributed by atoms with E-state index in [1.165, 1.54) is 28.0 Å². The van der Waals surface area contributed by atoms with E-state index in [1.54, 1.807) is 12.1 Å². The molecule has 4 rings (SSSR count). The lowest BCUT2D eigenvalue weighted by Crippen LogP contribution is -3.12. The van der Waals surface area contributed by atoms with Crippen molar-refractivity contribution in [1.82, 2.24) is 0 Å². The zero-order chi connectivity index (χ0) is 18.1. The fourth-order valence-electron chi connectivity index (χ4n) is 4.02. The Morgan fingerprint density at radius 1 is 1.19 bits per heavy atom. The maximum Gasteiger partial charge on any atom is 0.163 e. The van der Waals surface area contributed by atoms with Crippen molar-refractivity contribution in [1.29, 1.82) is 0 Å². The maximum absolute atomic E-state index is 13.0. The highest BCUT2D eigenvalue weighted by Gasteiger charge is 2.30. The van der Waals surface area contributed by atoms with Gasteiger partial charge in [0.05, 0.1) is 24.6 Å². The molecule has 0 spiro atoms. The number of furan rings is 1. The van der Waals surface area contributed by atoms with Crippen LogP contribution in [-0.2, 0) is 6.54 Å². The molecule has 2 aromatic carbocycles. The Bertz CT molecular complexity index is 935. The number of para-hydroxylation sites is 1. The molecule has 0 saturated heterocycles. The van der Waals surface area contributed by atoms with E-state index in [9.17, 15) is 9.18 Å². The van der Waals surface area contributed by atoms with E-state index >= 15 is 0 Å². The second-order valence-electron chi connectivity index (χ2n) is 7.26. The summed E-state index contributed by atoms with van der Waals surface area (Å²) in [4.78, 5) is 13.7. The van der Waals surface area contributed by atoms with Crippen LogP contribution in [0.1, 0.15) is 47.4 Å². The molecule has 0 fully saturated rings. The fourth-order valence-corrected chi connectivity index (χ4v) is 4.02. The number of rotatable bonds is 5. The zero-order valence-electron chi connectivity index (χ0n) is 15.3. The lowest BCUT2D eigenvalue weighted by atomic mass is 9.96. The topological polar surface area (TPSA) is 34.7 Å². The highest BCUT2D eigenvalue weighted by atomic mass is 35.5. The van der Waals surface area contributed by atoms with Gasteiger partial charge in [-0.1, -0.05) is 18.2 Å². The van der Waals surface area contributed by atoms with Gasteiger partial charge in [0.15, 0.2) is 5.78 Å². The van der Waals surface area contributed by atoms with Crippen molar-refractivity contribution in [2.75, 3.05) is 13.1 Å². The van der Waals surface area contributed by atoms with E-state index in [4.69, 9.17) is 4.42 Å². The number of Topliss-reactive ketones (excluding diaryl/α,β-unsaturated/α-hetero) is 1. The van der Waals surface area contributed by atoms with Crippen molar-refractivity contribution >= 4 is 16.8 Å². The predicted molar refractivity (Wildman–Crippen MR) is 99.0 cm³/mol. The smallest absolute Gasteiger partial charge is 0.163 e. The van der Waals surface area contributed by atoms with Crippen molar-refractivity contribution in [3.05, 3.63) is 71.2 Å². The number of ketones is 1. The van der Waals surface area contributed by atoms with Crippen molar-refractivity contribution in [2.24, 2.45) is 0 Å². The third-order valence-electron chi connectivity index (χ3n) is 5.30. The molecule has 2 unspecified atom stereocenters. The summed E-state index contributed by atoms with van der Waals surface area (Å²) in [6, 6.07) is 14.0. The summed E-state index contributed by atoms with van der Waals surface area (Å²) in [5, 5.41) is 1.22. The van der Waals surface area contributed by atoms with Crippen LogP contribution in [0.25, 0.3) is 11.0 Å². The Balaban J connectivity index is 0.00000210. The van der Waals surface area contributed by atoms with Crippen LogP contribution in [0, 0.1) is 5.82 Å². The van der Waals surface area contributed by atoms with Gasteiger partial charge in [0, 0.05) is 23.8 Å². The van der Waals surface area contributed by atoms with Crippen molar-refractivity contribution in [3.63, 3.8) is 0 Å². The first kappa shape index (κ1) is 19.6. The second-order valence-corrected chi connectivity index (χ2v) is 7.26. The number of nitrogens with one attached hydrogen (secondary N) is 1. The van der Waals surface area contributed by atoms with Gasteiger partial charge >= 0.3 is 0 Å². The summed E-state index contributed by atoms with van der Waals surface area (Å²) in [6.07, 6.45) is 1.34. The van der Waals surface area contributed by atoms with Gasteiger partial charge < -0.3 is 21.7 Å². The van der Waals surface area contributed by atoms with Gasteiger partial charge in [0.1, 0.15) is 23.7 Å². The van der Waals surface area contributed by atoms with Crippen LogP contribution < -0.4 is 17.3 Å². The molecule has 27 heavy (non-hydrogen) atoms. The Morgan fingerprint density at radius 2 is 1.93 bits per heavy atom. The van der Waals surface area contributed by atoms with Gasteiger partial charge in [-0.3, -0.25) is 4.79 Å². The number of fused-ring (bicyclic) bond motifs is 3. The van der Waals surface area contributed by atoms with E-state index in [1.807, 2.05) is 12.1 Å². The molecule has 1 aliphatic rings. The first-order chi connectivity index (χ1) is 12.6. The standard InChI is InChI=1S/C22H22FNO2.ClH/c1-15-13-24(12-4-6-20(25)16-8-10-17(23)11-9-16)14-19-18-5-2-3-7-21(18)26-22(15)19;/h2-3,5,7-11,15H,4,6,12-14H2,1H3;1H. The average Bonchev–Trinajstić information content (AvgIpc) is 3.02. The number of quaternary nitrogens is 1. The van der Waals surface area contributed by atoms with Gasteiger partial charge in [0.25, 0.3) is 0 Å². The minimum Gasteiger partial charge on any atom is -1.00 e. The van der Waals surface area contributed by atoms with Gasteiger partial charge in [-0.25, -0.2) is 4.39 Å². The van der Waals surface area contributed by atoms with Crippen LogP contribution in [0.15, 0.2) is 52.9 Å². The van der Waals surface area contributed by atoms with Crippen LogP contribution in [0.3, 0.4) is 0 Å². The monoisotopic (exact) mass is 387 g/mol. The highest BCUT2D eigenvalue weighted by molar-refractivity contribution is 5.95. The second kappa shape index (κ2) is 8.24. The van der Waals surface area contributed by atoms with Gasteiger partial charge in [-0.15, -0.1) is 0 Å². The number of carbonyl (C=O) groups is 1. The summed E-state index contributed by atoms with van der Waals surface area (Å²) in [5.41, 5.74) is 2.88. The Hall–Kier alpha value is -2.17. The molecule has 0 aliphatic carbocycles. The molecule has 142 valence electrons. The predicted octanol–water partition coefficient (Wildman–Crippen LogP) is 0.741. The minimum atomic E-state index is -0.309. The normalized spacial score (nSPS) is 18.7. The summed E-state index contributed by atoms with van der Waals surface area (Å²) in [5.74, 6) is 1.28. The lowest BCUT2D eigenvalue weighted by Gasteiger charge is -2.27. The Morgan fingerprint density at radius 3 is 2.70 bits per heavy atom. The SMILES string of the molecule is CC1C[NH+](CCCC(=O)c2ccc(F)cc2)Cc2c1oc1ccccc21.[Cl-]. The molecule has 0 radical (unpaired) electrons. The molecule has 1 aromatic heterocycles. The number of hydrogen-bond acceptors (Lipinski definition) is 2.